The molecule has 1 nitrogen and oxygen atoms in total. The Labute approximate surface area is 87.6 Å². The Morgan fingerprint density at radius 1 is 0.929 bits per heavy atom. The first-order valence-corrected chi connectivity index (χ1v) is 5.81. The van der Waals surface area contributed by atoms with Gasteiger partial charge in [0.2, 0.25) is 0 Å². The summed E-state index contributed by atoms with van der Waals surface area (Å²) in [6.07, 6.45) is 7.28. The maximum absolute atomic E-state index is 4.65. The second kappa shape index (κ2) is 6.58. The Hall–Kier alpha value is -0.850. The van der Waals surface area contributed by atoms with Crippen LogP contribution in [0.15, 0.2) is 18.2 Å². The number of hydrogen-bond donors (Lipinski definition) is 0. The molecule has 1 heterocycles. The first-order chi connectivity index (χ1) is 6.86. The highest BCUT2D eigenvalue weighted by Gasteiger charge is 1.97. The third kappa shape index (κ3) is 3.91. The highest BCUT2D eigenvalue weighted by molar-refractivity contribution is 5.11. The van der Waals surface area contributed by atoms with Gasteiger partial charge in [-0.15, -0.1) is 0 Å². The van der Waals surface area contributed by atoms with Crippen LogP contribution in [0.1, 0.15) is 50.9 Å². The van der Waals surface area contributed by atoms with Crippen LogP contribution in [0.2, 0.25) is 0 Å². The van der Waals surface area contributed by atoms with E-state index in [1.165, 1.54) is 37.1 Å². The fraction of sp³-hybridized carbons (Fsp3) is 0.615. The topological polar surface area (TPSA) is 12.9 Å². The van der Waals surface area contributed by atoms with Crippen molar-refractivity contribution in [1.29, 1.82) is 0 Å². The summed E-state index contributed by atoms with van der Waals surface area (Å²) in [5.74, 6) is 0. The van der Waals surface area contributed by atoms with Crippen molar-refractivity contribution >= 4 is 0 Å². The molecule has 0 bridgehead atoms. The zero-order valence-electron chi connectivity index (χ0n) is 9.42. The van der Waals surface area contributed by atoms with Gasteiger partial charge in [-0.1, -0.05) is 32.8 Å². The molecule has 0 unspecified atom stereocenters. The van der Waals surface area contributed by atoms with Gasteiger partial charge >= 0.3 is 0 Å². The molecule has 0 fully saturated rings. The number of unbranched alkanes of at least 4 members (excludes halogenated alkanes) is 2. The van der Waals surface area contributed by atoms with Gasteiger partial charge < -0.3 is 0 Å². The summed E-state index contributed by atoms with van der Waals surface area (Å²) in [6.45, 7) is 4.45. The predicted molar refractivity (Wildman–Crippen MR) is 61.5 cm³/mol. The molecule has 0 atom stereocenters. The molecule has 0 aromatic carbocycles. The summed E-state index contributed by atoms with van der Waals surface area (Å²) < 4.78 is 0. The average molecular weight is 191 g/mol. The molecule has 0 N–H and O–H groups in total. The molecule has 14 heavy (non-hydrogen) atoms. The van der Waals surface area contributed by atoms with E-state index in [9.17, 15) is 0 Å². The molecule has 0 aliphatic heterocycles. The van der Waals surface area contributed by atoms with Crippen molar-refractivity contribution in [2.45, 2.75) is 52.4 Å². The van der Waals surface area contributed by atoms with E-state index in [4.69, 9.17) is 0 Å². The van der Waals surface area contributed by atoms with Crippen molar-refractivity contribution in [3.8, 4) is 0 Å². The van der Waals surface area contributed by atoms with Crippen molar-refractivity contribution in [1.82, 2.24) is 4.98 Å². The normalized spacial score (nSPS) is 10.4. The van der Waals surface area contributed by atoms with E-state index in [2.05, 4.69) is 37.0 Å². The van der Waals surface area contributed by atoms with Crippen molar-refractivity contribution in [2.24, 2.45) is 0 Å². The molecule has 1 heteroatoms. The highest BCUT2D eigenvalue weighted by Crippen LogP contribution is 2.06. The fourth-order valence-electron chi connectivity index (χ4n) is 1.52. The second-order valence-corrected chi connectivity index (χ2v) is 3.83. The standard InChI is InChI=1S/C13H21N/c1-3-5-8-12-10-7-11-13(14-12)9-6-4-2/h7,10-11H,3-6,8-9H2,1-2H3. The quantitative estimate of drug-likeness (QED) is 0.667. The first kappa shape index (κ1) is 11.2. The maximum atomic E-state index is 4.65. The second-order valence-electron chi connectivity index (χ2n) is 3.83. The highest BCUT2D eigenvalue weighted by atomic mass is 14.7. The number of nitrogens with zero attached hydrogens (tertiary/aromatic N) is 1. The van der Waals surface area contributed by atoms with Crippen molar-refractivity contribution in [3.63, 3.8) is 0 Å². The van der Waals surface area contributed by atoms with Crippen LogP contribution in [0.5, 0.6) is 0 Å². The molecule has 0 aliphatic rings. The maximum Gasteiger partial charge on any atom is 0.0406 e. The Kier molecular flexibility index (Phi) is 5.28. The molecule has 1 aromatic rings. The minimum Gasteiger partial charge on any atom is -0.258 e. The largest absolute Gasteiger partial charge is 0.258 e. The van der Waals surface area contributed by atoms with Gasteiger partial charge in [-0.2, -0.15) is 0 Å². The van der Waals surface area contributed by atoms with Gasteiger partial charge in [-0.25, -0.2) is 0 Å². The van der Waals surface area contributed by atoms with Crippen LogP contribution >= 0.6 is 0 Å². The van der Waals surface area contributed by atoms with Crippen LogP contribution in [-0.4, -0.2) is 4.98 Å². The van der Waals surface area contributed by atoms with Crippen molar-refractivity contribution < 1.29 is 0 Å². The van der Waals surface area contributed by atoms with Gasteiger partial charge in [0, 0.05) is 11.4 Å². The number of aromatic nitrogens is 1. The molecule has 0 aliphatic carbocycles. The molecule has 0 amide bonds. The van der Waals surface area contributed by atoms with E-state index in [1.807, 2.05) is 0 Å². The first-order valence-electron chi connectivity index (χ1n) is 5.81. The van der Waals surface area contributed by atoms with Gasteiger partial charge in [-0.05, 0) is 37.8 Å². The van der Waals surface area contributed by atoms with E-state index < -0.39 is 0 Å². The molecule has 0 spiro atoms. The minimum atomic E-state index is 1.14. The average Bonchev–Trinajstić information content (AvgIpc) is 2.24. The molecule has 0 saturated carbocycles. The van der Waals surface area contributed by atoms with E-state index in [-0.39, 0.29) is 0 Å². The van der Waals surface area contributed by atoms with E-state index >= 15 is 0 Å². The van der Waals surface area contributed by atoms with Crippen molar-refractivity contribution in [2.75, 3.05) is 0 Å². The monoisotopic (exact) mass is 191 g/mol. The summed E-state index contributed by atoms with van der Waals surface area (Å²) in [6, 6.07) is 6.43. The Bertz CT molecular complexity index is 232. The van der Waals surface area contributed by atoms with Gasteiger partial charge in [0.05, 0.1) is 0 Å². The van der Waals surface area contributed by atoms with E-state index in [1.54, 1.807) is 0 Å². The Balaban J connectivity index is 2.50. The molecular formula is C13H21N. The predicted octanol–water partition coefficient (Wildman–Crippen LogP) is 3.77. The molecule has 78 valence electrons. The summed E-state index contributed by atoms with van der Waals surface area (Å²) in [7, 11) is 0. The lowest BCUT2D eigenvalue weighted by Gasteiger charge is -2.03. The molecular weight excluding hydrogens is 170 g/mol. The summed E-state index contributed by atoms with van der Waals surface area (Å²) in [5.41, 5.74) is 2.53. The summed E-state index contributed by atoms with van der Waals surface area (Å²) >= 11 is 0. The minimum absolute atomic E-state index is 1.14. The van der Waals surface area contributed by atoms with Crippen LogP contribution < -0.4 is 0 Å². The van der Waals surface area contributed by atoms with Crippen molar-refractivity contribution in [3.05, 3.63) is 29.6 Å². The zero-order chi connectivity index (χ0) is 10.2. The Morgan fingerprint density at radius 3 is 1.86 bits per heavy atom. The zero-order valence-corrected chi connectivity index (χ0v) is 9.42. The Morgan fingerprint density at radius 2 is 1.43 bits per heavy atom. The summed E-state index contributed by atoms with van der Waals surface area (Å²) in [4.78, 5) is 4.65. The van der Waals surface area contributed by atoms with Crippen LogP contribution in [0.25, 0.3) is 0 Å². The SMILES string of the molecule is CCCCc1cccc(CCCC)n1. The number of pyridine rings is 1. The molecule has 1 rings (SSSR count). The molecule has 0 saturated heterocycles. The lowest BCUT2D eigenvalue weighted by atomic mass is 10.1. The van der Waals surface area contributed by atoms with Gasteiger partial charge in [-0.3, -0.25) is 4.98 Å². The lowest BCUT2D eigenvalue weighted by molar-refractivity contribution is 0.746. The van der Waals surface area contributed by atoms with Crippen LogP contribution in [0, 0.1) is 0 Å². The third-order valence-electron chi connectivity index (χ3n) is 2.44. The molecule has 0 radical (unpaired) electrons. The number of rotatable bonds is 6. The molecule has 1 aromatic heterocycles. The van der Waals surface area contributed by atoms with Crippen LogP contribution in [0.3, 0.4) is 0 Å². The van der Waals surface area contributed by atoms with E-state index in [0.717, 1.165) is 12.8 Å². The van der Waals surface area contributed by atoms with Crippen LogP contribution in [0.4, 0.5) is 0 Å². The van der Waals surface area contributed by atoms with E-state index in [0.29, 0.717) is 0 Å². The number of hydrogen-bond acceptors (Lipinski definition) is 1. The lowest BCUT2D eigenvalue weighted by Crippen LogP contribution is -1.95. The van der Waals surface area contributed by atoms with Gasteiger partial charge in [0.1, 0.15) is 0 Å². The summed E-state index contributed by atoms with van der Waals surface area (Å²) in [5, 5.41) is 0. The third-order valence-corrected chi connectivity index (χ3v) is 2.44. The van der Waals surface area contributed by atoms with Gasteiger partial charge in [0.15, 0.2) is 0 Å². The fourth-order valence-corrected chi connectivity index (χ4v) is 1.52. The number of aryl methyl sites for hydroxylation is 2. The smallest absolute Gasteiger partial charge is 0.0406 e. The van der Waals surface area contributed by atoms with Gasteiger partial charge in [0.25, 0.3) is 0 Å². The van der Waals surface area contributed by atoms with Crippen LogP contribution in [-0.2, 0) is 12.8 Å².